The Balaban J connectivity index is 1.29. The van der Waals surface area contributed by atoms with Crippen molar-refractivity contribution in [2.75, 3.05) is 52.9 Å². The number of piperidine rings is 2. The van der Waals surface area contributed by atoms with Crippen LogP contribution in [-0.4, -0.2) is 96.4 Å². The molecule has 0 radical (unpaired) electrons. The Labute approximate surface area is 214 Å². The van der Waals surface area contributed by atoms with Crippen molar-refractivity contribution in [3.8, 4) is 0 Å². The molecule has 1 saturated carbocycles. The van der Waals surface area contributed by atoms with Crippen molar-refractivity contribution in [1.82, 2.24) is 19.6 Å². The van der Waals surface area contributed by atoms with Crippen LogP contribution >= 0.6 is 0 Å². The third-order valence-electron chi connectivity index (χ3n) is 9.50. The maximum Gasteiger partial charge on any atom is 0.245 e. The maximum absolute atomic E-state index is 13.8. The average molecular weight is 489 g/mol. The van der Waals surface area contributed by atoms with E-state index in [0.29, 0.717) is 18.4 Å². The molecule has 4 aliphatic rings. The number of likely N-dealkylation sites (N-methyl/N-ethyl adjacent to an activating group) is 1. The standard InChI is InChI=1S/C29H52N4O2/c1-22(2)20-25-28(35)33(19-18-30(25)5)26(21-23(3)4)27(34)32-14-7-24(8-15-32)6-13-31-16-11-29(9-10-29)12-17-31/h22-26H,6-21H2,1-5H3/t25-,26-/m0/s1. The van der Waals surface area contributed by atoms with Crippen molar-refractivity contribution < 1.29 is 9.59 Å². The van der Waals surface area contributed by atoms with E-state index in [0.717, 1.165) is 56.7 Å². The molecule has 35 heavy (non-hydrogen) atoms. The van der Waals surface area contributed by atoms with Gasteiger partial charge in [-0.3, -0.25) is 14.5 Å². The molecule has 0 unspecified atom stereocenters. The number of rotatable bonds is 9. The van der Waals surface area contributed by atoms with Gasteiger partial charge in [0.2, 0.25) is 11.8 Å². The molecular weight excluding hydrogens is 436 g/mol. The number of carbonyl (C=O) groups excluding carboxylic acids is 2. The van der Waals surface area contributed by atoms with Crippen molar-refractivity contribution in [2.24, 2.45) is 23.2 Å². The van der Waals surface area contributed by atoms with E-state index < -0.39 is 0 Å². The number of piperazine rings is 1. The molecule has 0 aromatic carbocycles. The quantitative estimate of drug-likeness (QED) is 0.490. The van der Waals surface area contributed by atoms with Crippen molar-refractivity contribution in [3.05, 3.63) is 0 Å². The Hall–Kier alpha value is -1.14. The van der Waals surface area contributed by atoms with Crippen molar-refractivity contribution >= 4 is 11.8 Å². The minimum atomic E-state index is -0.300. The lowest BCUT2D eigenvalue weighted by Crippen LogP contribution is -2.62. The fourth-order valence-corrected chi connectivity index (χ4v) is 6.70. The van der Waals surface area contributed by atoms with Crippen LogP contribution in [0.1, 0.15) is 85.5 Å². The van der Waals surface area contributed by atoms with Gasteiger partial charge in [0.1, 0.15) is 6.04 Å². The highest BCUT2D eigenvalue weighted by atomic mass is 16.2. The summed E-state index contributed by atoms with van der Waals surface area (Å²) in [6.07, 6.45) is 10.9. The maximum atomic E-state index is 13.8. The van der Waals surface area contributed by atoms with Crippen LogP contribution < -0.4 is 0 Å². The van der Waals surface area contributed by atoms with E-state index in [1.807, 2.05) is 4.90 Å². The third-order valence-corrected chi connectivity index (χ3v) is 9.50. The summed E-state index contributed by atoms with van der Waals surface area (Å²) in [6, 6.07) is -0.396. The van der Waals surface area contributed by atoms with Gasteiger partial charge in [-0.1, -0.05) is 27.7 Å². The van der Waals surface area contributed by atoms with E-state index in [2.05, 4.69) is 49.4 Å². The molecule has 6 heteroatoms. The molecule has 0 aromatic rings. The predicted molar refractivity (Wildman–Crippen MR) is 142 cm³/mol. The van der Waals surface area contributed by atoms with Gasteiger partial charge in [-0.2, -0.15) is 0 Å². The first kappa shape index (κ1) is 26.9. The molecule has 3 saturated heterocycles. The summed E-state index contributed by atoms with van der Waals surface area (Å²) in [6.45, 7) is 15.8. The first-order valence-corrected chi connectivity index (χ1v) is 14.7. The molecule has 0 bridgehead atoms. The van der Waals surface area contributed by atoms with Crippen molar-refractivity contribution in [2.45, 2.75) is 97.6 Å². The third kappa shape index (κ3) is 6.80. The predicted octanol–water partition coefficient (Wildman–Crippen LogP) is 4.09. The van der Waals surface area contributed by atoms with Gasteiger partial charge in [-0.25, -0.2) is 0 Å². The number of hydrogen-bond donors (Lipinski definition) is 0. The van der Waals surface area contributed by atoms with E-state index in [4.69, 9.17) is 0 Å². The fourth-order valence-electron chi connectivity index (χ4n) is 6.70. The molecule has 1 spiro atoms. The number of amides is 2. The van der Waals surface area contributed by atoms with Gasteiger partial charge in [0.25, 0.3) is 0 Å². The van der Waals surface area contributed by atoms with E-state index in [1.54, 1.807) is 0 Å². The molecule has 3 heterocycles. The Morgan fingerprint density at radius 3 is 2.14 bits per heavy atom. The molecule has 4 rings (SSSR count). The van der Waals surface area contributed by atoms with E-state index >= 15 is 0 Å². The lowest BCUT2D eigenvalue weighted by atomic mass is 9.90. The van der Waals surface area contributed by atoms with Gasteiger partial charge in [0, 0.05) is 26.2 Å². The fraction of sp³-hybridized carbons (Fsp3) is 0.931. The molecular formula is C29H52N4O2. The highest BCUT2D eigenvalue weighted by molar-refractivity contribution is 5.90. The zero-order chi connectivity index (χ0) is 25.2. The van der Waals surface area contributed by atoms with Gasteiger partial charge in [-0.15, -0.1) is 0 Å². The topological polar surface area (TPSA) is 47.1 Å². The van der Waals surface area contributed by atoms with Crippen LogP contribution in [-0.2, 0) is 9.59 Å². The lowest BCUT2D eigenvalue weighted by molar-refractivity contribution is -0.154. The van der Waals surface area contributed by atoms with Gasteiger partial charge in [0.15, 0.2) is 0 Å². The van der Waals surface area contributed by atoms with Crippen LogP contribution in [0, 0.1) is 23.2 Å². The summed E-state index contributed by atoms with van der Waals surface area (Å²) in [5.41, 5.74) is 0.759. The van der Waals surface area contributed by atoms with Crippen molar-refractivity contribution in [3.63, 3.8) is 0 Å². The van der Waals surface area contributed by atoms with Crippen molar-refractivity contribution in [1.29, 1.82) is 0 Å². The highest BCUT2D eigenvalue weighted by Crippen LogP contribution is 2.53. The molecule has 0 aromatic heterocycles. The zero-order valence-electron chi connectivity index (χ0n) is 23.3. The molecule has 0 N–H and O–H groups in total. The van der Waals surface area contributed by atoms with E-state index in [9.17, 15) is 9.59 Å². The second-order valence-electron chi connectivity index (χ2n) is 13.2. The Morgan fingerprint density at radius 2 is 1.57 bits per heavy atom. The number of carbonyl (C=O) groups is 2. The second-order valence-corrected chi connectivity index (χ2v) is 13.2. The molecule has 4 fully saturated rings. The molecule has 1 aliphatic carbocycles. The molecule has 6 nitrogen and oxygen atoms in total. The summed E-state index contributed by atoms with van der Waals surface area (Å²) in [5, 5.41) is 0. The van der Waals surface area contributed by atoms with Crippen LogP contribution in [0.15, 0.2) is 0 Å². The zero-order valence-corrected chi connectivity index (χ0v) is 23.3. The lowest BCUT2D eigenvalue weighted by Gasteiger charge is -2.44. The summed E-state index contributed by atoms with van der Waals surface area (Å²) in [7, 11) is 2.06. The van der Waals surface area contributed by atoms with Gasteiger partial charge < -0.3 is 14.7 Å². The van der Waals surface area contributed by atoms with Gasteiger partial charge in [-0.05, 0) is 108 Å². The normalized spacial score (nSPS) is 27.3. The van der Waals surface area contributed by atoms with Crippen LogP contribution in [0.3, 0.4) is 0 Å². The molecule has 2 amide bonds. The minimum Gasteiger partial charge on any atom is -0.341 e. The smallest absolute Gasteiger partial charge is 0.245 e. The van der Waals surface area contributed by atoms with Crippen LogP contribution in [0.4, 0.5) is 0 Å². The first-order chi connectivity index (χ1) is 16.7. The largest absolute Gasteiger partial charge is 0.341 e. The first-order valence-electron chi connectivity index (χ1n) is 14.7. The molecule has 2 atom stereocenters. The molecule has 200 valence electrons. The SMILES string of the molecule is CC(C)C[C@H]1C(=O)N([C@@H](CC(C)C)C(=O)N2CCC(CCN3CCC4(CC3)CC4)CC2)CCN1C. The summed E-state index contributed by atoms with van der Waals surface area (Å²) >= 11 is 0. The summed E-state index contributed by atoms with van der Waals surface area (Å²) < 4.78 is 0. The Kier molecular flexibility index (Phi) is 8.84. The van der Waals surface area contributed by atoms with Crippen LogP contribution in [0.2, 0.25) is 0 Å². The number of nitrogens with zero attached hydrogens (tertiary/aromatic N) is 4. The number of hydrogen-bond acceptors (Lipinski definition) is 4. The second kappa shape index (κ2) is 11.5. The van der Waals surface area contributed by atoms with Gasteiger partial charge in [0.05, 0.1) is 6.04 Å². The highest BCUT2D eigenvalue weighted by Gasteiger charge is 2.44. The average Bonchev–Trinajstić information content (AvgIpc) is 3.59. The molecule has 3 aliphatic heterocycles. The van der Waals surface area contributed by atoms with E-state index in [-0.39, 0.29) is 23.9 Å². The Bertz CT molecular complexity index is 716. The van der Waals surface area contributed by atoms with Crippen LogP contribution in [0.5, 0.6) is 0 Å². The summed E-state index contributed by atoms with van der Waals surface area (Å²) in [4.78, 5) is 36.2. The number of likely N-dealkylation sites (tertiary alicyclic amines) is 2. The Morgan fingerprint density at radius 1 is 0.914 bits per heavy atom. The minimum absolute atomic E-state index is 0.0958. The van der Waals surface area contributed by atoms with Gasteiger partial charge >= 0.3 is 0 Å². The van der Waals surface area contributed by atoms with Crippen LogP contribution in [0.25, 0.3) is 0 Å². The van der Waals surface area contributed by atoms with E-state index in [1.165, 1.54) is 51.7 Å². The summed E-state index contributed by atoms with van der Waals surface area (Å²) in [5.74, 6) is 1.95. The monoisotopic (exact) mass is 488 g/mol.